The molecule has 0 saturated heterocycles. The van der Waals surface area contributed by atoms with Gasteiger partial charge in [0.25, 0.3) is 10.0 Å². The van der Waals surface area contributed by atoms with Crippen LogP contribution in [0, 0.1) is 5.82 Å². The normalized spacial score (nSPS) is 11.4. The molecule has 0 fully saturated rings. The van der Waals surface area contributed by atoms with Gasteiger partial charge in [-0.1, -0.05) is 45.2 Å². The Bertz CT molecular complexity index is 745. The van der Waals surface area contributed by atoms with Crippen LogP contribution in [0.2, 0.25) is 10.0 Å². The minimum atomic E-state index is -4.01. The molecule has 0 heterocycles. The molecule has 0 radical (unpaired) electrons. The zero-order valence-electron chi connectivity index (χ0n) is 9.70. The highest BCUT2D eigenvalue weighted by atomic mass is 79.9. The lowest BCUT2D eigenvalue weighted by molar-refractivity contribution is 0.601. The summed E-state index contributed by atoms with van der Waals surface area (Å²) in [6.45, 7) is 0. The van der Waals surface area contributed by atoms with Gasteiger partial charge in [0.1, 0.15) is 10.7 Å². The van der Waals surface area contributed by atoms with Crippen LogP contribution in [-0.2, 0) is 10.0 Å². The van der Waals surface area contributed by atoms with Gasteiger partial charge in [0, 0.05) is 4.47 Å². The predicted octanol–water partition coefficient (Wildman–Crippen LogP) is 4.70. The maximum Gasteiger partial charge on any atom is 0.264 e. The number of hydrogen-bond acceptors (Lipinski definition) is 2. The van der Waals surface area contributed by atoms with E-state index >= 15 is 0 Å². The van der Waals surface area contributed by atoms with Gasteiger partial charge in [-0.3, -0.25) is 4.72 Å². The Labute approximate surface area is 133 Å². The highest BCUT2D eigenvalue weighted by Crippen LogP contribution is 2.33. The molecule has 106 valence electrons. The molecule has 0 spiro atoms. The van der Waals surface area contributed by atoms with E-state index in [9.17, 15) is 12.8 Å². The van der Waals surface area contributed by atoms with Crippen molar-refractivity contribution in [3.8, 4) is 0 Å². The second kappa shape index (κ2) is 5.89. The molecule has 20 heavy (non-hydrogen) atoms. The second-order valence-corrected chi connectivity index (χ2v) is 7.16. The summed E-state index contributed by atoms with van der Waals surface area (Å²) in [7, 11) is -4.01. The fourth-order valence-corrected chi connectivity index (χ4v) is 4.53. The Morgan fingerprint density at radius 3 is 2.25 bits per heavy atom. The standard InChI is InChI=1S/C12H7BrCl2FNO2S/c13-7-4-10(14)12(11(15)5-7)20(18,19)17-9-3-1-2-8(16)6-9/h1-6,17H. The first kappa shape index (κ1) is 15.6. The van der Waals surface area contributed by atoms with Gasteiger partial charge in [0.15, 0.2) is 0 Å². The average molecular weight is 399 g/mol. The first-order valence-corrected chi connectivity index (χ1v) is 8.26. The van der Waals surface area contributed by atoms with Crippen LogP contribution in [0.25, 0.3) is 0 Å². The Balaban J connectivity index is 2.46. The van der Waals surface area contributed by atoms with Gasteiger partial charge in [-0.2, -0.15) is 0 Å². The van der Waals surface area contributed by atoms with E-state index in [-0.39, 0.29) is 20.6 Å². The first-order chi connectivity index (χ1) is 9.29. The molecule has 0 aliphatic rings. The smallest absolute Gasteiger partial charge is 0.264 e. The predicted molar refractivity (Wildman–Crippen MR) is 81.4 cm³/mol. The SMILES string of the molecule is O=S(=O)(Nc1cccc(F)c1)c1c(Cl)cc(Br)cc1Cl. The number of sulfonamides is 1. The van der Waals surface area contributed by atoms with Crippen molar-refractivity contribution in [2.24, 2.45) is 0 Å². The first-order valence-electron chi connectivity index (χ1n) is 5.22. The van der Waals surface area contributed by atoms with E-state index in [1.807, 2.05) is 0 Å². The van der Waals surface area contributed by atoms with Crippen LogP contribution >= 0.6 is 39.1 Å². The monoisotopic (exact) mass is 397 g/mol. The van der Waals surface area contributed by atoms with Gasteiger partial charge in [-0.15, -0.1) is 0 Å². The van der Waals surface area contributed by atoms with Crippen molar-refractivity contribution in [3.05, 3.63) is 56.7 Å². The third-order valence-corrected chi connectivity index (χ3v) is 5.07. The molecule has 0 amide bonds. The van der Waals surface area contributed by atoms with Gasteiger partial charge in [0.2, 0.25) is 0 Å². The summed E-state index contributed by atoms with van der Waals surface area (Å²) in [4.78, 5) is -0.256. The summed E-state index contributed by atoms with van der Waals surface area (Å²) in [5, 5.41) is -0.0680. The number of benzene rings is 2. The molecule has 8 heteroatoms. The quantitative estimate of drug-likeness (QED) is 0.814. The second-order valence-electron chi connectivity index (χ2n) is 3.81. The van der Waals surface area contributed by atoms with Crippen molar-refractivity contribution < 1.29 is 12.8 Å². The molecule has 0 aliphatic carbocycles. The Morgan fingerprint density at radius 1 is 1.10 bits per heavy atom. The molecule has 0 bridgehead atoms. The molecule has 2 aromatic rings. The van der Waals surface area contributed by atoms with Crippen molar-refractivity contribution in [2.75, 3.05) is 4.72 Å². The molecule has 0 aliphatic heterocycles. The maximum absolute atomic E-state index is 13.1. The van der Waals surface area contributed by atoms with Crippen LogP contribution in [0.5, 0.6) is 0 Å². The lowest BCUT2D eigenvalue weighted by Gasteiger charge is -2.11. The summed E-state index contributed by atoms with van der Waals surface area (Å²) in [5.41, 5.74) is 0.0834. The van der Waals surface area contributed by atoms with Crippen molar-refractivity contribution in [1.82, 2.24) is 0 Å². The van der Waals surface area contributed by atoms with Crippen LogP contribution in [0.3, 0.4) is 0 Å². The third-order valence-electron chi connectivity index (χ3n) is 2.31. The van der Waals surface area contributed by atoms with Gasteiger partial charge in [0.05, 0.1) is 15.7 Å². The van der Waals surface area contributed by atoms with Crippen LogP contribution in [0.4, 0.5) is 10.1 Å². The van der Waals surface area contributed by atoms with E-state index in [0.717, 1.165) is 6.07 Å². The number of nitrogens with one attached hydrogen (secondary N) is 1. The van der Waals surface area contributed by atoms with Gasteiger partial charge >= 0.3 is 0 Å². The van der Waals surface area contributed by atoms with Gasteiger partial charge < -0.3 is 0 Å². The molecule has 0 unspecified atom stereocenters. The molecular formula is C12H7BrCl2FNO2S. The molecule has 2 aromatic carbocycles. The number of rotatable bonds is 3. The van der Waals surface area contributed by atoms with E-state index in [4.69, 9.17) is 23.2 Å². The van der Waals surface area contributed by atoms with E-state index < -0.39 is 15.8 Å². The minimum Gasteiger partial charge on any atom is -0.279 e. The van der Waals surface area contributed by atoms with Crippen molar-refractivity contribution in [1.29, 1.82) is 0 Å². The topological polar surface area (TPSA) is 46.2 Å². The largest absolute Gasteiger partial charge is 0.279 e. The molecule has 2 rings (SSSR count). The molecule has 0 saturated carbocycles. The van der Waals surface area contributed by atoms with Gasteiger partial charge in [-0.05, 0) is 30.3 Å². The summed E-state index contributed by atoms with van der Waals surface area (Å²) in [5.74, 6) is -0.557. The van der Waals surface area contributed by atoms with E-state index in [1.165, 1.54) is 30.3 Å². The highest BCUT2D eigenvalue weighted by molar-refractivity contribution is 9.10. The van der Waals surface area contributed by atoms with Crippen LogP contribution in [-0.4, -0.2) is 8.42 Å². The molecule has 1 N–H and O–H groups in total. The van der Waals surface area contributed by atoms with Gasteiger partial charge in [-0.25, -0.2) is 12.8 Å². The van der Waals surface area contributed by atoms with Crippen LogP contribution in [0.1, 0.15) is 0 Å². The van der Waals surface area contributed by atoms with Crippen molar-refractivity contribution in [2.45, 2.75) is 4.90 Å². The summed E-state index contributed by atoms with van der Waals surface area (Å²) < 4.78 is 40.3. The average Bonchev–Trinajstić information content (AvgIpc) is 2.25. The Hall–Kier alpha value is -0.820. The highest BCUT2D eigenvalue weighted by Gasteiger charge is 2.22. The van der Waals surface area contributed by atoms with Crippen LogP contribution < -0.4 is 4.72 Å². The van der Waals surface area contributed by atoms with E-state index in [0.29, 0.717) is 4.47 Å². The van der Waals surface area contributed by atoms with Crippen LogP contribution in [0.15, 0.2) is 45.8 Å². The zero-order valence-corrected chi connectivity index (χ0v) is 13.6. The Kier molecular flexibility index (Phi) is 4.59. The minimum absolute atomic E-state index is 0.0340. The number of anilines is 1. The van der Waals surface area contributed by atoms with E-state index in [2.05, 4.69) is 20.7 Å². The molecule has 0 aromatic heterocycles. The zero-order chi connectivity index (χ0) is 14.9. The van der Waals surface area contributed by atoms with Crippen molar-refractivity contribution >= 4 is 54.8 Å². The number of halogens is 4. The lowest BCUT2D eigenvalue weighted by atomic mass is 10.3. The molecule has 0 atom stereocenters. The summed E-state index contributed by atoms with van der Waals surface area (Å²) >= 11 is 15.0. The third kappa shape index (κ3) is 3.44. The summed E-state index contributed by atoms with van der Waals surface area (Å²) in [6, 6.07) is 7.88. The van der Waals surface area contributed by atoms with E-state index in [1.54, 1.807) is 0 Å². The maximum atomic E-state index is 13.1. The Morgan fingerprint density at radius 2 is 1.70 bits per heavy atom. The lowest BCUT2D eigenvalue weighted by Crippen LogP contribution is -2.14. The fraction of sp³-hybridized carbons (Fsp3) is 0. The number of hydrogen-bond donors (Lipinski definition) is 1. The van der Waals surface area contributed by atoms with Crippen molar-refractivity contribution in [3.63, 3.8) is 0 Å². The molecule has 3 nitrogen and oxygen atoms in total. The fourth-order valence-electron chi connectivity index (χ4n) is 1.54. The summed E-state index contributed by atoms with van der Waals surface area (Å²) in [6.07, 6.45) is 0. The molecular weight excluding hydrogens is 392 g/mol.